The van der Waals surface area contributed by atoms with E-state index in [2.05, 4.69) is 10.6 Å². The van der Waals surface area contributed by atoms with Gasteiger partial charge in [0.1, 0.15) is 12.6 Å². The maximum absolute atomic E-state index is 12.7. The number of ether oxygens (including phenoxy) is 1. The van der Waals surface area contributed by atoms with Crippen LogP contribution in [-0.2, 0) is 26.0 Å². The van der Waals surface area contributed by atoms with Gasteiger partial charge in [0.05, 0.1) is 13.2 Å². The van der Waals surface area contributed by atoms with Crippen molar-refractivity contribution in [2.45, 2.75) is 25.4 Å². The number of carbonyl (C=O) groups excluding carboxylic acids is 3. The zero-order valence-corrected chi connectivity index (χ0v) is 13.7. The lowest BCUT2D eigenvalue weighted by molar-refractivity contribution is -0.136. The van der Waals surface area contributed by atoms with Crippen LogP contribution in [0.3, 0.4) is 0 Å². The molecule has 0 aliphatic carbocycles. The lowest BCUT2D eigenvalue weighted by atomic mass is 10.0. The van der Waals surface area contributed by atoms with Crippen molar-refractivity contribution in [3.05, 3.63) is 29.3 Å². The Hall–Kier alpha value is -2.45. The molecular weight excluding hydrogens is 326 g/mol. The van der Waals surface area contributed by atoms with Crippen molar-refractivity contribution in [3.63, 3.8) is 0 Å². The highest BCUT2D eigenvalue weighted by Gasteiger charge is 2.39. The van der Waals surface area contributed by atoms with Gasteiger partial charge in [0, 0.05) is 36.3 Å². The van der Waals surface area contributed by atoms with Crippen LogP contribution in [0.1, 0.15) is 28.8 Å². The quantitative estimate of drug-likeness (QED) is 0.546. The van der Waals surface area contributed by atoms with Crippen LogP contribution in [0.4, 0.5) is 5.69 Å². The summed E-state index contributed by atoms with van der Waals surface area (Å²) in [5.74, 6) is -0.917. The second-order valence-electron chi connectivity index (χ2n) is 5.97. The highest BCUT2D eigenvalue weighted by atomic mass is 16.5. The Bertz CT molecular complexity index is 691. The third kappa shape index (κ3) is 3.64. The van der Waals surface area contributed by atoms with E-state index in [1.807, 2.05) is 6.07 Å². The predicted molar refractivity (Wildman–Crippen MR) is 87.3 cm³/mol. The Balaban J connectivity index is 1.69. The number of hydrogen-bond acceptors (Lipinski definition) is 5. The standard InChI is InChI=1S/C17H20N3O5/c21-7-9-25-8-6-18-13-3-1-2-11-12(13)10-20(17(11)24)14-4-5-15(22)19-16(14)23/h1-3,14,18H,4-10H2,(H,19,22,23). The second kappa shape index (κ2) is 7.62. The molecule has 2 aliphatic rings. The Morgan fingerprint density at radius 2 is 2.08 bits per heavy atom. The number of rotatable bonds is 7. The third-order valence-electron chi connectivity index (χ3n) is 4.37. The zero-order valence-electron chi connectivity index (χ0n) is 13.7. The van der Waals surface area contributed by atoms with E-state index in [9.17, 15) is 19.5 Å². The number of hydrogen-bond donors (Lipinski definition) is 2. The van der Waals surface area contributed by atoms with Crippen LogP contribution >= 0.6 is 0 Å². The number of anilines is 1. The summed E-state index contributed by atoms with van der Waals surface area (Å²) in [4.78, 5) is 37.6. The van der Waals surface area contributed by atoms with E-state index in [1.54, 1.807) is 12.1 Å². The molecule has 8 nitrogen and oxygen atoms in total. The molecule has 0 saturated carbocycles. The molecule has 2 aliphatic heterocycles. The number of benzene rings is 1. The first kappa shape index (κ1) is 17.4. The average Bonchev–Trinajstić information content (AvgIpc) is 2.92. The van der Waals surface area contributed by atoms with Gasteiger partial charge in [-0.1, -0.05) is 6.07 Å². The second-order valence-corrected chi connectivity index (χ2v) is 5.97. The zero-order chi connectivity index (χ0) is 17.8. The molecule has 3 amide bonds. The Morgan fingerprint density at radius 3 is 2.84 bits per heavy atom. The summed E-state index contributed by atoms with van der Waals surface area (Å²) in [5, 5.41) is 15.8. The van der Waals surface area contributed by atoms with Crippen molar-refractivity contribution in [1.82, 2.24) is 10.2 Å². The summed E-state index contributed by atoms with van der Waals surface area (Å²) in [7, 11) is 0. The van der Waals surface area contributed by atoms with Gasteiger partial charge in [0.2, 0.25) is 11.8 Å². The largest absolute Gasteiger partial charge is 0.382 e. The molecule has 1 fully saturated rings. The SMILES string of the molecule is [O]CCOCCNc1cccc2c1CN(C1CCC(=O)NC1=O)C2=O. The first-order valence-electron chi connectivity index (χ1n) is 8.28. The molecule has 1 radical (unpaired) electrons. The maximum atomic E-state index is 12.7. The van der Waals surface area contributed by atoms with E-state index in [0.29, 0.717) is 31.7 Å². The van der Waals surface area contributed by atoms with E-state index in [4.69, 9.17) is 4.74 Å². The van der Waals surface area contributed by atoms with E-state index in [1.165, 1.54) is 4.90 Å². The molecule has 1 saturated heterocycles. The highest BCUT2D eigenvalue weighted by Crippen LogP contribution is 2.32. The molecule has 1 aromatic rings. The van der Waals surface area contributed by atoms with Crippen LogP contribution in [0, 0.1) is 0 Å². The molecule has 25 heavy (non-hydrogen) atoms. The van der Waals surface area contributed by atoms with Gasteiger partial charge >= 0.3 is 0 Å². The van der Waals surface area contributed by atoms with Gasteiger partial charge in [0.15, 0.2) is 0 Å². The molecular formula is C17H20N3O5. The number of nitrogens with one attached hydrogen (secondary N) is 2. The van der Waals surface area contributed by atoms with Crippen molar-refractivity contribution in [1.29, 1.82) is 0 Å². The van der Waals surface area contributed by atoms with Gasteiger partial charge in [-0.15, -0.1) is 0 Å². The molecule has 2 N–H and O–H groups in total. The van der Waals surface area contributed by atoms with E-state index in [0.717, 1.165) is 11.3 Å². The summed E-state index contributed by atoms with van der Waals surface area (Å²) < 4.78 is 5.15. The highest BCUT2D eigenvalue weighted by molar-refractivity contribution is 6.06. The molecule has 0 bridgehead atoms. The first-order valence-corrected chi connectivity index (χ1v) is 8.28. The minimum atomic E-state index is -0.620. The van der Waals surface area contributed by atoms with Gasteiger partial charge in [-0.05, 0) is 18.6 Å². The molecule has 3 rings (SSSR count). The monoisotopic (exact) mass is 346 g/mol. The van der Waals surface area contributed by atoms with Crippen LogP contribution in [0.2, 0.25) is 0 Å². The maximum Gasteiger partial charge on any atom is 0.255 e. The van der Waals surface area contributed by atoms with Crippen LogP contribution in [-0.4, -0.2) is 55.0 Å². The molecule has 1 atom stereocenters. The summed E-state index contributed by atoms with van der Waals surface area (Å²) in [5.41, 5.74) is 2.21. The number of fused-ring (bicyclic) bond motifs is 1. The summed E-state index contributed by atoms with van der Waals surface area (Å²) >= 11 is 0. The minimum Gasteiger partial charge on any atom is -0.382 e. The molecule has 8 heteroatoms. The van der Waals surface area contributed by atoms with Crippen LogP contribution < -0.4 is 10.6 Å². The predicted octanol–water partition coefficient (Wildman–Crippen LogP) is 0.307. The van der Waals surface area contributed by atoms with Crippen LogP contribution in [0.25, 0.3) is 0 Å². The van der Waals surface area contributed by atoms with E-state index < -0.39 is 11.9 Å². The fourth-order valence-corrected chi connectivity index (χ4v) is 3.17. The lowest BCUT2D eigenvalue weighted by Crippen LogP contribution is -2.52. The van der Waals surface area contributed by atoms with E-state index in [-0.39, 0.29) is 31.4 Å². The van der Waals surface area contributed by atoms with Gasteiger partial charge in [-0.3, -0.25) is 19.7 Å². The van der Waals surface area contributed by atoms with Crippen molar-refractivity contribution in [3.8, 4) is 0 Å². The fourth-order valence-electron chi connectivity index (χ4n) is 3.17. The van der Waals surface area contributed by atoms with Crippen LogP contribution in [0.15, 0.2) is 18.2 Å². The third-order valence-corrected chi connectivity index (χ3v) is 4.37. The number of imide groups is 1. The Labute approximate surface area is 145 Å². The normalized spacial score (nSPS) is 19.8. The number of nitrogens with zero attached hydrogens (tertiary/aromatic N) is 1. The van der Waals surface area contributed by atoms with E-state index >= 15 is 0 Å². The molecule has 2 heterocycles. The molecule has 0 aromatic heterocycles. The molecule has 1 aromatic carbocycles. The Kier molecular flexibility index (Phi) is 5.30. The summed E-state index contributed by atoms with van der Waals surface area (Å²) in [6, 6.07) is 4.77. The van der Waals surface area contributed by atoms with Gasteiger partial charge in [-0.2, -0.15) is 0 Å². The average molecular weight is 346 g/mol. The number of piperidine rings is 1. The number of amides is 3. The molecule has 0 spiro atoms. The topological polar surface area (TPSA) is 108 Å². The van der Waals surface area contributed by atoms with Gasteiger partial charge in [-0.25, -0.2) is 5.11 Å². The smallest absolute Gasteiger partial charge is 0.255 e. The Morgan fingerprint density at radius 1 is 1.24 bits per heavy atom. The van der Waals surface area contributed by atoms with Crippen molar-refractivity contribution < 1.29 is 24.2 Å². The fraction of sp³-hybridized carbons (Fsp3) is 0.471. The van der Waals surface area contributed by atoms with Gasteiger partial charge in [0.25, 0.3) is 5.91 Å². The van der Waals surface area contributed by atoms with Crippen molar-refractivity contribution in [2.75, 3.05) is 31.7 Å². The minimum absolute atomic E-state index is 0.177. The molecule has 133 valence electrons. The first-order chi connectivity index (χ1) is 12.1. The molecule has 1 unspecified atom stereocenters. The number of carbonyl (C=O) groups is 3. The van der Waals surface area contributed by atoms with Gasteiger partial charge < -0.3 is 15.0 Å². The lowest BCUT2D eigenvalue weighted by Gasteiger charge is -2.29. The summed E-state index contributed by atoms with van der Waals surface area (Å²) in [6.07, 6.45) is 0.578. The van der Waals surface area contributed by atoms with Crippen LogP contribution in [0.5, 0.6) is 0 Å². The summed E-state index contributed by atoms with van der Waals surface area (Å²) in [6.45, 7) is 1.15. The van der Waals surface area contributed by atoms with Crippen molar-refractivity contribution in [2.24, 2.45) is 0 Å². The van der Waals surface area contributed by atoms with Crippen molar-refractivity contribution >= 4 is 23.4 Å².